The Morgan fingerprint density at radius 3 is 2.61 bits per heavy atom. The van der Waals surface area contributed by atoms with Crippen molar-refractivity contribution in [1.29, 1.82) is 0 Å². The SMILES string of the molecule is CCCCOc1ccccc1NC(=S)NC(=O)/C=C/c1ccc([N+](=O)[O-])cc1. The van der Waals surface area contributed by atoms with Gasteiger partial charge in [0.2, 0.25) is 5.91 Å². The number of carbonyl (C=O) groups excluding carboxylic acids is 1. The number of carbonyl (C=O) groups is 1. The Balaban J connectivity index is 1.90. The van der Waals surface area contributed by atoms with Crippen LogP contribution in [0.15, 0.2) is 54.6 Å². The van der Waals surface area contributed by atoms with Crippen molar-refractivity contribution in [3.8, 4) is 5.75 Å². The summed E-state index contributed by atoms with van der Waals surface area (Å²) in [6.07, 6.45) is 4.83. The average molecular weight is 399 g/mol. The number of non-ortho nitro benzene ring substituents is 1. The van der Waals surface area contributed by atoms with Crippen molar-refractivity contribution in [3.63, 3.8) is 0 Å². The van der Waals surface area contributed by atoms with E-state index in [0.29, 0.717) is 23.6 Å². The number of nitrogens with one attached hydrogen (secondary N) is 2. The van der Waals surface area contributed by atoms with Crippen LogP contribution in [-0.2, 0) is 4.79 Å². The number of ether oxygens (including phenoxy) is 1. The van der Waals surface area contributed by atoms with E-state index in [1.165, 1.54) is 18.2 Å². The Morgan fingerprint density at radius 1 is 1.21 bits per heavy atom. The smallest absolute Gasteiger partial charge is 0.269 e. The van der Waals surface area contributed by atoms with Crippen LogP contribution in [0.2, 0.25) is 0 Å². The normalized spacial score (nSPS) is 10.5. The number of hydrogen-bond donors (Lipinski definition) is 2. The molecule has 0 bridgehead atoms. The third-order valence-corrected chi connectivity index (χ3v) is 3.86. The van der Waals surface area contributed by atoms with E-state index in [2.05, 4.69) is 17.6 Å². The molecule has 0 heterocycles. The van der Waals surface area contributed by atoms with E-state index in [1.54, 1.807) is 18.2 Å². The molecule has 0 saturated heterocycles. The van der Waals surface area contributed by atoms with Gasteiger partial charge in [-0.05, 0) is 54.5 Å². The van der Waals surface area contributed by atoms with Crippen LogP contribution >= 0.6 is 12.2 Å². The topological polar surface area (TPSA) is 93.5 Å². The molecule has 2 aromatic carbocycles. The molecule has 7 nitrogen and oxygen atoms in total. The fourth-order valence-electron chi connectivity index (χ4n) is 2.21. The second-order valence-electron chi connectivity index (χ2n) is 5.82. The minimum atomic E-state index is -0.478. The molecule has 0 fully saturated rings. The molecule has 0 aliphatic rings. The molecule has 0 spiro atoms. The number of nitro groups is 1. The average Bonchev–Trinajstić information content (AvgIpc) is 2.68. The van der Waals surface area contributed by atoms with Crippen LogP contribution in [0.3, 0.4) is 0 Å². The molecule has 2 N–H and O–H groups in total. The van der Waals surface area contributed by atoms with Crippen LogP contribution in [-0.4, -0.2) is 22.5 Å². The molecule has 0 atom stereocenters. The lowest BCUT2D eigenvalue weighted by Gasteiger charge is -2.13. The number of hydrogen-bond acceptors (Lipinski definition) is 5. The molecule has 8 heteroatoms. The molecule has 0 aliphatic heterocycles. The van der Waals surface area contributed by atoms with Crippen molar-refractivity contribution in [2.24, 2.45) is 0 Å². The van der Waals surface area contributed by atoms with Gasteiger partial charge in [0.15, 0.2) is 5.11 Å². The van der Waals surface area contributed by atoms with E-state index in [1.807, 2.05) is 24.3 Å². The van der Waals surface area contributed by atoms with Crippen LogP contribution in [0, 0.1) is 10.1 Å². The number of para-hydroxylation sites is 2. The highest BCUT2D eigenvalue weighted by atomic mass is 32.1. The van der Waals surface area contributed by atoms with Crippen LogP contribution in [0.25, 0.3) is 6.08 Å². The number of amides is 1. The number of benzene rings is 2. The van der Waals surface area contributed by atoms with Crippen LogP contribution in [0.4, 0.5) is 11.4 Å². The number of nitrogens with zero attached hydrogens (tertiary/aromatic N) is 1. The molecule has 146 valence electrons. The molecule has 0 unspecified atom stereocenters. The molecule has 0 saturated carbocycles. The quantitative estimate of drug-likeness (QED) is 0.226. The van der Waals surface area contributed by atoms with Crippen LogP contribution in [0.5, 0.6) is 5.75 Å². The zero-order valence-corrected chi connectivity index (χ0v) is 16.2. The first-order valence-electron chi connectivity index (χ1n) is 8.76. The summed E-state index contributed by atoms with van der Waals surface area (Å²) in [5, 5.41) is 16.3. The predicted molar refractivity (Wildman–Crippen MR) is 113 cm³/mol. The van der Waals surface area contributed by atoms with Gasteiger partial charge < -0.3 is 10.1 Å². The van der Waals surface area contributed by atoms with Crippen molar-refractivity contribution in [1.82, 2.24) is 5.32 Å². The van der Waals surface area contributed by atoms with Crippen molar-refractivity contribution < 1.29 is 14.5 Å². The predicted octanol–water partition coefficient (Wildman–Crippen LogP) is 4.30. The van der Waals surface area contributed by atoms with E-state index in [4.69, 9.17) is 17.0 Å². The van der Waals surface area contributed by atoms with Crippen molar-refractivity contribution in [3.05, 3.63) is 70.3 Å². The summed E-state index contributed by atoms with van der Waals surface area (Å²) in [5.41, 5.74) is 1.32. The highest BCUT2D eigenvalue weighted by Gasteiger charge is 2.07. The summed E-state index contributed by atoms with van der Waals surface area (Å²) in [5.74, 6) is 0.245. The fourth-order valence-corrected chi connectivity index (χ4v) is 2.42. The Hall–Kier alpha value is -3.26. The maximum absolute atomic E-state index is 12.0. The van der Waals surface area contributed by atoms with Gasteiger partial charge in [0.1, 0.15) is 5.75 Å². The van der Waals surface area contributed by atoms with Crippen molar-refractivity contribution >= 4 is 40.7 Å². The Kier molecular flexibility index (Phi) is 8.11. The summed E-state index contributed by atoms with van der Waals surface area (Å²) >= 11 is 5.18. The first kappa shape index (κ1) is 21.0. The van der Waals surface area contributed by atoms with Gasteiger partial charge in [0.25, 0.3) is 5.69 Å². The zero-order valence-electron chi connectivity index (χ0n) is 15.4. The van der Waals surface area contributed by atoms with E-state index < -0.39 is 10.8 Å². The molecule has 28 heavy (non-hydrogen) atoms. The zero-order chi connectivity index (χ0) is 20.4. The highest BCUT2D eigenvalue weighted by Crippen LogP contribution is 2.23. The second kappa shape index (κ2) is 10.8. The van der Waals surface area contributed by atoms with Gasteiger partial charge in [-0.3, -0.25) is 20.2 Å². The lowest BCUT2D eigenvalue weighted by atomic mass is 10.2. The number of nitro benzene ring substituents is 1. The monoisotopic (exact) mass is 399 g/mol. The van der Waals surface area contributed by atoms with Gasteiger partial charge in [0, 0.05) is 18.2 Å². The molecule has 2 rings (SSSR count). The minimum Gasteiger partial charge on any atom is -0.491 e. The first-order valence-corrected chi connectivity index (χ1v) is 9.16. The van der Waals surface area contributed by atoms with E-state index >= 15 is 0 Å². The summed E-state index contributed by atoms with van der Waals surface area (Å²) in [6, 6.07) is 13.2. The van der Waals surface area contributed by atoms with E-state index in [0.717, 1.165) is 12.8 Å². The first-order chi connectivity index (χ1) is 13.5. The summed E-state index contributed by atoms with van der Waals surface area (Å²) in [6.45, 7) is 2.69. The highest BCUT2D eigenvalue weighted by molar-refractivity contribution is 7.80. The van der Waals surface area contributed by atoms with Crippen LogP contribution in [0.1, 0.15) is 25.3 Å². The van der Waals surface area contributed by atoms with Gasteiger partial charge >= 0.3 is 0 Å². The maximum atomic E-state index is 12.0. The lowest BCUT2D eigenvalue weighted by molar-refractivity contribution is -0.384. The second-order valence-corrected chi connectivity index (χ2v) is 6.23. The van der Waals surface area contributed by atoms with Gasteiger partial charge in [-0.15, -0.1) is 0 Å². The van der Waals surface area contributed by atoms with Gasteiger partial charge in [-0.25, -0.2) is 0 Å². The Labute approximate surface area is 168 Å². The van der Waals surface area contributed by atoms with Gasteiger partial charge in [0.05, 0.1) is 17.2 Å². The van der Waals surface area contributed by atoms with Gasteiger partial charge in [-0.1, -0.05) is 25.5 Å². The fraction of sp³-hybridized carbons (Fsp3) is 0.200. The number of thiocarbonyl (C=S) groups is 1. The Bertz CT molecular complexity index is 866. The molecule has 0 radical (unpaired) electrons. The lowest BCUT2D eigenvalue weighted by Crippen LogP contribution is -2.32. The number of rotatable bonds is 8. The third kappa shape index (κ3) is 6.81. The van der Waals surface area contributed by atoms with E-state index in [9.17, 15) is 14.9 Å². The van der Waals surface area contributed by atoms with Crippen LogP contribution < -0.4 is 15.4 Å². The summed E-state index contributed by atoms with van der Waals surface area (Å²) in [4.78, 5) is 22.2. The summed E-state index contributed by atoms with van der Waals surface area (Å²) in [7, 11) is 0. The molecular formula is C20H21N3O4S. The molecule has 0 aliphatic carbocycles. The van der Waals surface area contributed by atoms with Crippen molar-refractivity contribution in [2.45, 2.75) is 19.8 Å². The van der Waals surface area contributed by atoms with Gasteiger partial charge in [-0.2, -0.15) is 0 Å². The number of unbranched alkanes of at least 4 members (excludes halogenated alkanes) is 1. The molecule has 0 aromatic heterocycles. The molecule has 1 amide bonds. The van der Waals surface area contributed by atoms with Crippen molar-refractivity contribution in [2.75, 3.05) is 11.9 Å². The molecular weight excluding hydrogens is 378 g/mol. The van der Waals surface area contributed by atoms with E-state index in [-0.39, 0.29) is 10.8 Å². The summed E-state index contributed by atoms with van der Waals surface area (Å²) < 4.78 is 5.72. The molecule has 2 aromatic rings. The minimum absolute atomic E-state index is 0.00759. The largest absolute Gasteiger partial charge is 0.491 e. The number of anilines is 1. The Morgan fingerprint density at radius 2 is 1.93 bits per heavy atom. The maximum Gasteiger partial charge on any atom is 0.269 e. The third-order valence-electron chi connectivity index (χ3n) is 3.66. The standard InChI is InChI=1S/C20H21N3O4S/c1-2-3-14-27-18-7-5-4-6-17(18)21-20(28)22-19(24)13-10-15-8-11-16(12-9-15)23(25)26/h4-13H,2-3,14H2,1H3,(H2,21,22,24,28)/b13-10+.